The van der Waals surface area contributed by atoms with E-state index < -0.39 is 0 Å². The van der Waals surface area contributed by atoms with Gasteiger partial charge in [-0.3, -0.25) is 4.90 Å². The largest absolute Gasteiger partial charge is 0.295 e. The van der Waals surface area contributed by atoms with E-state index in [9.17, 15) is 0 Å². The molecule has 0 saturated heterocycles. The summed E-state index contributed by atoms with van der Waals surface area (Å²) in [5, 5.41) is 3.02. The average Bonchev–Trinajstić information content (AvgIpc) is 2.88. The van der Waals surface area contributed by atoms with Crippen LogP contribution in [0, 0.1) is 0 Å². The standard InChI is InChI=1S/C16H16ClNS.ClH/c17-15-6-2-1-4-13(15)5-3-9-18-10-7-16-14(12-18)8-11-19-16;/h1-6,8,11H,7,9-10,12H2;1H. The number of rotatable bonds is 3. The minimum absolute atomic E-state index is 0. The molecule has 1 nitrogen and oxygen atoms in total. The Kier molecular flexibility index (Phi) is 5.67. The summed E-state index contributed by atoms with van der Waals surface area (Å²) < 4.78 is 0. The van der Waals surface area contributed by atoms with Gasteiger partial charge in [-0.2, -0.15) is 0 Å². The fraction of sp³-hybridized carbons (Fsp3) is 0.250. The van der Waals surface area contributed by atoms with Gasteiger partial charge in [0.05, 0.1) is 0 Å². The lowest BCUT2D eigenvalue weighted by atomic mass is 10.1. The van der Waals surface area contributed by atoms with Gasteiger partial charge in [0, 0.05) is 29.5 Å². The minimum atomic E-state index is 0. The summed E-state index contributed by atoms with van der Waals surface area (Å²) >= 11 is 8.02. The lowest BCUT2D eigenvalue weighted by Crippen LogP contribution is -2.29. The van der Waals surface area contributed by atoms with E-state index in [-0.39, 0.29) is 12.4 Å². The van der Waals surface area contributed by atoms with Crippen LogP contribution in [0.3, 0.4) is 0 Å². The predicted molar refractivity (Wildman–Crippen MR) is 91.0 cm³/mol. The molecule has 4 heteroatoms. The molecule has 0 fully saturated rings. The third-order valence-corrected chi connectivity index (χ3v) is 4.82. The van der Waals surface area contributed by atoms with Crippen LogP contribution in [-0.2, 0) is 13.0 Å². The van der Waals surface area contributed by atoms with Gasteiger partial charge in [-0.15, -0.1) is 23.7 Å². The molecule has 0 N–H and O–H groups in total. The van der Waals surface area contributed by atoms with Crippen LogP contribution in [-0.4, -0.2) is 18.0 Å². The van der Waals surface area contributed by atoms with Gasteiger partial charge in [0.15, 0.2) is 0 Å². The molecule has 2 heterocycles. The van der Waals surface area contributed by atoms with Crippen LogP contribution < -0.4 is 0 Å². The summed E-state index contributed by atoms with van der Waals surface area (Å²) in [6, 6.07) is 10.2. The highest BCUT2D eigenvalue weighted by molar-refractivity contribution is 7.10. The number of thiophene rings is 1. The highest BCUT2D eigenvalue weighted by Gasteiger charge is 2.15. The maximum atomic E-state index is 6.13. The molecule has 106 valence electrons. The van der Waals surface area contributed by atoms with Gasteiger partial charge in [-0.25, -0.2) is 0 Å². The van der Waals surface area contributed by atoms with Gasteiger partial charge < -0.3 is 0 Å². The van der Waals surface area contributed by atoms with E-state index in [4.69, 9.17) is 11.6 Å². The van der Waals surface area contributed by atoms with E-state index in [0.29, 0.717) is 0 Å². The third-order valence-electron chi connectivity index (χ3n) is 3.45. The molecule has 3 rings (SSSR count). The molecule has 0 spiro atoms. The van der Waals surface area contributed by atoms with E-state index in [2.05, 4.69) is 28.5 Å². The van der Waals surface area contributed by atoms with Crippen molar-refractivity contribution in [3.8, 4) is 0 Å². The third kappa shape index (κ3) is 3.64. The van der Waals surface area contributed by atoms with E-state index in [1.165, 1.54) is 12.0 Å². The second-order valence-corrected chi connectivity index (χ2v) is 6.19. The number of benzene rings is 1. The molecule has 0 unspecified atom stereocenters. The first-order chi connectivity index (χ1) is 9.33. The monoisotopic (exact) mass is 325 g/mol. The zero-order valence-corrected chi connectivity index (χ0v) is 13.5. The first-order valence-corrected chi connectivity index (χ1v) is 7.77. The molecule has 2 aromatic rings. The summed E-state index contributed by atoms with van der Waals surface area (Å²) in [5.41, 5.74) is 2.60. The first-order valence-electron chi connectivity index (χ1n) is 6.51. The van der Waals surface area contributed by atoms with Gasteiger partial charge >= 0.3 is 0 Å². The fourth-order valence-electron chi connectivity index (χ4n) is 2.40. The fourth-order valence-corrected chi connectivity index (χ4v) is 3.49. The summed E-state index contributed by atoms with van der Waals surface area (Å²) in [4.78, 5) is 4.04. The predicted octanol–water partition coefficient (Wildman–Crippen LogP) is 4.89. The van der Waals surface area contributed by atoms with Crippen LogP contribution in [0.2, 0.25) is 5.02 Å². The van der Waals surface area contributed by atoms with Crippen molar-refractivity contribution in [2.24, 2.45) is 0 Å². The molecule has 20 heavy (non-hydrogen) atoms. The Balaban J connectivity index is 0.00000147. The molecule has 0 saturated carbocycles. The molecule has 1 aliphatic heterocycles. The van der Waals surface area contributed by atoms with Gasteiger partial charge in [-0.05, 0) is 35.1 Å². The van der Waals surface area contributed by atoms with Crippen molar-refractivity contribution >= 4 is 41.4 Å². The Labute approximate surface area is 135 Å². The Morgan fingerprint density at radius 1 is 1.25 bits per heavy atom. The maximum Gasteiger partial charge on any atom is 0.0478 e. The van der Waals surface area contributed by atoms with Crippen molar-refractivity contribution in [1.29, 1.82) is 0 Å². The van der Waals surface area contributed by atoms with Gasteiger partial charge in [-0.1, -0.05) is 42.0 Å². The van der Waals surface area contributed by atoms with E-state index in [0.717, 1.165) is 30.2 Å². The molecule has 0 atom stereocenters. The van der Waals surface area contributed by atoms with Crippen molar-refractivity contribution in [3.63, 3.8) is 0 Å². The highest BCUT2D eigenvalue weighted by atomic mass is 35.5. The Morgan fingerprint density at radius 3 is 2.95 bits per heavy atom. The van der Waals surface area contributed by atoms with Gasteiger partial charge in [0.1, 0.15) is 0 Å². The topological polar surface area (TPSA) is 3.24 Å². The van der Waals surface area contributed by atoms with E-state index in [1.54, 1.807) is 4.88 Å². The van der Waals surface area contributed by atoms with Crippen molar-refractivity contribution in [3.05, 3.63) is 62.8 Å². The second kappa shape index (κ2) is 7.28. The number of fused-ring (bicyclic) bond motifs is 1. The number of nitrogens with zero attached hydrogens (tertiary/aromatic N) is 1. The van der Waals surface area contributed by atoms with Crippen LogP contribution in [0.5, 0.6) is 0 Å². The smallest absolute Gasteiger partial charge is 0.0478 e. The summed E-state index contributed by atoms with van der Waals surface area (Å²) in [7, 11) is 0. The molecule has 0 radical (unpaired) electrons. The van der Waals surface area contributed by atoms with Crippen LogP contribution in [0.15, 0.2) is 41.8 Å². The zero-order valence-electron chi connectivity index (χ0n) is 11.1. The molecule has 1 aromatic carbocycles. The highest BCUT2D eigenvalue weighted by Crippen LogP contribution is 2.24. The lowest BCUT2D eigenvalue weighted by molar-refractivity contribution is 0.284. The SMILES string of the molecule is Cl.Clc1ccccc1C=CCN1CCc2sccc2C1. The van der Waals surface area contributed by atoms with E-state index >= 15 is 0 Å². The molecule has 0 amide bonds. The van der Waals surface area contributed by atoms with Crippen LogP contribution in [0.25, 0.3) is 6.08 Å². The Hall–Kier alpha value is -0.800. The quantitative estimate of drug-likeness (QED) is 0.776. The first kappa shape index (κ1) is 15.6. The second-order valence-electron chi connectivity index (χ2n) is 4.78. The lowest BCUT2D eigenvalue weighted by Gasteiger charge is -2.25. The van der Waals surface area contributed by atoms with Crippen molar-refractivity contribution in [1.82, 2.24) is 4.90 Å². The maximum absolute atomic E-state index is 6.13. The van der Waals surface area contributed by atoms with Gasteiger partial charge in [0.25, 0.3) is 0 Å². The molecule has 1 aliphatic rings. The van der Waals surface area contributed by atoms with E-state index in [1.807, 2.05) is 35.6 Å². The van der Waals surface area contributed by atoms with Gasteiger partial charge in [0.2, 0.25) is 0 Å². The molecule has 0 bridgehead atoms. The average molecular weight is 326 g/mol. The molecule has 1 aromatic heterocycles. The van der Waals surface area contributed by atoms with Crippen LogP contribution in [0.1, 0.15) is 16.0 Å². The number of hydrogen-bond acceptors (Lipinski definition) is 2. The molecule has 0 aliphatic carbocycles. The number of hydrogen-bond donors (Lipinski definition) is 0. The number of halogens is 2. The summed E-state index contributed by atoms with van der Waals surface area (Å²) in [5.74, 6) is 0. The molecular formula is C16H17Cl2NS. The molecular weight excluding hydrogens is 309 g/mol. The summed E-state index contributed by atoms with van der Waals surface area (Å²) in [6.07, 6.45) is 5.51. The van der Waals surface area contributed by atoms with Crippen molar-refractivity contribution in [2.75, 3.05) is 13.1 Å². The van der Waals surface area contributed by atoms with Crippen LogP contribution >= 0.6 is 35.3 Å². The minimum Gasteiger partial charge on any atom is -0.295 e. The summed E-state index contributed by atoms with van der Waals surface area (Å²) in [6.45, 7) is 3.21. The van der Waals surface area contributed by atoms with Crippen molar-refractivity contribution < 1.29 is 0 Å². The van der Waals surface area contributed by atoms with Crippen LogP contribution in [0.4, 0.5) is 0 Å². The zero-order chi connectivity index (χ0) is 13.1. The Bertz CT molecular complexity index is 592. The van der Waals surface area contributed by atoms with Crippen molar-refractivity contribution in [2.45, 2.75) is 13.0 Å². The normalized spacial score (nSPS) is 15.1. The Morgan fingerprint density at radius 2 is 2.10 bits per heavy atom.